The van der Waals surface area contributed by atoms with Crippen LogP contribution in [0.4, 0.5) is 0 Å². The van der Waals surface area contributed by atoms with E-state index in [1.807, 2.05) is 6.07 Å². The second kappa shape index (κ2) is 6.82. The summed E-state index contributed by atoms with van der Waals surface area (Å²) >= 11 is 0. The van der Waals surface area contributed by atoms with E-state index in [2.05, 4.69) is 5.32 Å². The van der Waals surface area contributed by atoms with E-state index in [0.717, 1.165) is 44.2 Å². The van der Waals surface area contributed by atoms with Gasteiger partial charge < -0.3 is 20.6 Å². The highest BCUT2D eigenvalue weighted by atomic mass is 16.3. The molecule has 120 valence electrons. The first-order valence-electron chi connectivity index (χ1n) is 8.18. The SMILES string of the molecule is OCc1ccc(CC2NCCC3=C2CCC(CO)C3)cc1O. The van der Waals surface area contributed by atoms with Crippen LogP contribution >= 0.6 is 0 Å². The van der Waals surface area contributed by atoms with Gasteiger partial charge in [0.1, 0.15) is 5.75 Å². The summed E-state index contributed by atoms with van der Waals surface area (Å²) in [4.78, 5) is 0. The molecule has 0 radical (unpaired) electrons. The van der Waals surface area contributed by atoms with Gasteiger partial charge in [0.15, 0.2) is 0 Å². The summed E-state index contributed by atoms with van der Waals surface area (Å²) in [5.74, 6) is 0.611. The molecule has 4 heteroatoms. The summed E-state index contributed by atoms with van der Waals surface area (Å²) in [6.45, 7) is 1.15. The van der Waals surface area contributed by atoms with Crippen LogP contribution in [0.25, 0.3) is 0 Å². The zero-order chi connectivity index (χ0) is 15.5. The monoisotopic (exact) mass is 303 g/mol. The van der Waals surface area contributed by atoms with Crippen molar-refractivity contribution in [3.63, 3.8) is 0 Å². The van der Waals surface area contributed by atoms with Crippen LogP contribution in [0.15, 0.2) is 29.3 Å². The maximum absolute atomic E-state index is 9.90. The molecule has 4 N–H and O–H groups in total. The van der Waals surface area contributed by atoms with E-state index in [-0.39, 0.29) is 12.4 Å². The Morgan fingerprint density at radius 2 is 2.05 bits per heavy atom. The molecule has 22 heavy (non-hydrogen) atoms. The van der Waals surface area contributed by atoms with E-state index in [0.29, 0.717) is 24.1 Å². The largest absolute Gasteiger partial charge is 0.508 e. The quantitative estimate of drug-likeness (QED) is 0.641. The fourth-order valence-corrected chi connectivity index (χ4v) is 3.78. The van der Waals surface area contributed by atoms with E-state index in [9.17, 15) is 10.2 Å². The number of phenols is 1. The Morgan fingerprint density at radius 3 is 2.77 bits per heavy atom. The Bertz CT molecular complexity index is 567. The van der Waals surface area contributed by atoms with Crippen molar-refractivity contribution in [2.75, 3.05) is 13.2 Å². The lowest BCUT2D eigenvalue weighted by atomic mass is 9.77. The molecular formula is C18H25NO3. The molecule has 1 aromatic rings. The Labute approximate surface area is 131 Å². The molecular weight excluding hydrogens is 278 g/mol. The van der Waals surface area contributed by atoms with Crippen molar-refractivity contribution in [2.24, 2.45) is 5.92 Å². The van der Waals surface area contributed by atoms with Crippen LogP contribution in [-0.2, 0) is 13.0 Å². The highest BCUT2D eigenvalue weighted by Gasteiger charge is 2.28. The van der Waals surface area contributed by atoms with Crippen molar-refractivity contribution in [3.05, 3.63) is 40.5 Å². The lowest BCUT2D eigenvalue weighted by Gasteiger charge is -2.35. The van der Waals surface area contributed by atoms with Gasteiger partial charge in [-0.3, -0.25) is 0 Å². The minimum Gasteiger partial charge on any atom is -0.508 e. The molecule has 0 aromatic heterocycles. The van der Waals surface area contributed by atoms with Gasteiger partial charge in [0.05, 0.1) is 6.61 Å². The average molecular weight is 303 g/mol. The van der Waals surface area contributed by atoms with Gasteiger partial charge in [0.25, 0.3) is 0 Å². The molecule has 3 rings (SSSR count). The Kier molecular flexibility index (Phi) is 4.81. The second-order valence-corrected chi connectivity index (χ2v) is 6.50. The van der Waals surface area contributed by atoms with Gasteiger partial charge >= 0.3 is 0 Å². The molecule has 0 saturated heterocycles. The number of rotatable bonds is 4. The molecule has 0 amide bonds. The van der Waals surface area contributed by atoms with Crippen molar-refractivity contribution < 1.29 is 15.3 Å². The van der Waals surface area contributed by atoms with Crippen LogP contribution in [0.5, 0.6) is 5.75 Å². The minimum atomic E-state index is -0.133. The number of aliphatic hydroxyl groups is 2. The first-order chi connectivity index (χ1) is 10.7. The van der Waals surface area contributed by atoms with Gasteiger partial charge in [-0.1, -0.05) is 23.3 Å². The smallest absolute Gasteiger partial charge is 0.121 e. The molecule has 0 fully saturated rings. The Morgan fingerprint density at radius 1 is 1.18 bits per heavy atom. The maximum Gasteiger partial charge on any atom is 0.121 e. The molecule has 1 heterocycles. The molecule has 4 nitrogen and oxygen atoms in total. The van der Waals surface area contributed by atoms with E-state index in [4.69, 9.17) is 5.11 Å². The second-order valence-electron chi connectivity index (χ2n) is 6.50. The summed E-state index contributed by atoms with van der Waals surface area (Å²) in [5, 5.41) is 32.0. The van der Waals surface area contributed by atoms with Crippen molar-refractivity contribution in [2.45, 2.75) is 44.8 Å². The van der Waals surface area contributed by atoms with Crippen LogP contribution in [0, 0.1) is 5.92 Å². The lowest BCUT2D eigenvalue weighted by molar-refractivity contribution is 0.208. The first kappa shape index (κ1) is 15.5. The van der Waals surface area contributed by atoms with Gasteiger partial charge in [0.2, 0.25) is 0 Å². The molecule has 2 unspecified atom stereocenters. The number of hydrogen-bond donors (Lipinski definition) is 4. The molecule has 0 saturated carbocycles. The fraction of sp³-hybridized carbons (Fsp3) is 0.556. The zero-order valence-corrected chi connectivity index (χ0v) is 12.9. The Balaban J connectivity index is 1.76. The molecule has 1 aliphatic carbocycles. The third-order valence-electron chi connectivity index (χ3n) is 5.07. The lowest BCUT2D eigenvalue weighted by Crippen LogP contribution is -2.40. The first-order valence-corrected chi connectivity index (χ1v) is 8.18. The van der Waals surface area contributed by atoms with Crippen LogP contribution < -0.4 is 5.32 Å². The summed E-state index contributed by atoms with van der Waals surface area (Å²) in [6.07, 6.45) is 5.14. The predicted molar refractivity (Wildman–Crippen MR) is 85.6 cm³/mol. The van der Waals surface area contributed by atoms with Crippen LogP contribution in [0.2, 0.25) is 0 Å². The third kappa shape index (κ3) is 3.19. The number of aromatic hydroxyl groups is 1. The topological polar surface area (TPSA) is 72.7 Å². The van der Waals surface area contributed by atoms with E-state index >= 15 is 0 Å². The average Bonchev–Trinajstić information content (AvgIpc) is 2.55. The molecule has 1 aliphatic heterocycles. The van der Waals surface area contributed by atoms with Gasteiger partial charge in [-0.15, -0.1) is 0 Å². The van der Waals surface area contributed by atoms with Gasteiger partial charge in [-0.25, -0.2) is 0 Å². The standard InChI is InChI=1S/C18H25NO3/c20-10-13-2-4-16-14(7-13)5-6-19-17(16)8-12-1-3-15(11-21)18(22)9-12/h1,3,9,13,17,19-22H,2,4-8,10-11H2. The summed E-state index contributed by atoms with van der Waals surface area (Å²) in [5.41, 5.74) is 4.71. The highest BCUT2D eigenvalue weighted by molar-refractivity contribution is 5.37. The van der Waals surface area contributed by atoms with Crippen LogP contribution in [0.1, 0.15) is 36.8 Å². The number of benzene rings is 1. The van der Waals surface area contributed by atoms with Crippen molar-refractivity contribution >= 4 is 0 Å². The zero-order valence-electron chi connectivity index (χ0n) is 12.9. The fourth-order valence-electron chi connectivity index (χ4n) is 3.78. The van der Waals surface area contributed by atoms with E-state index in [1.165, 1.54) is 11.1 Å². The van der Waals surface area contributed by atoms with Crippen molar-refractivity contribution in [1.29, 1.82) is 0 Å². The van der Waals surface area contributed by atoms with Gasteiger partial charge in [-0.05, 0) is 56.2 Å². The number of hydrogen-bond acceptors (Lipinski definition) is 4. The number of nitrogens with one attached hydrogen (secondary N) is 1. The van der Waals surface area contributed by atoms with Crippen molar-refractivity contribution in [1.82, 2.24) is 5.32 Å². The number of aliphatic hydroxyl groups excluding tert-OH is 2. The summed E-state index contributed by atoms with van der Waals surface area (Å²) < 4.78 is 0. The molecule has 1 aromatic carbocycles. The van der Waals surface area contributed by atoms with Crippen LogP contribution in [-0.4, -0.2) is 34.5 Å². The molecule has 2 atom stereocenters. The summed E-state index contributed by atoms with van der Waals surface area (Å²) in [7, 11) is 0. The normalized spacial score (nSPS) is 25.2. The maximum atomic E-state index is 9.90. The molecule has 0 spiro atoms. The summed E-state index contributed by atoms with van der Waals surface area (Å²) in [6, 6.07) is 5.89. The highest BCUT2D eigenvalue weighted by Crippen LogP contribution is 2.35. The van der Waals surface area contributed by atoms with Crippen LogP contribution in [0.3, 0.4) is 0 Å². The third-order valence-corrected chi connectivity index (χ3v) is 5.07. The predicted octanol–water partition coefficient (Wildman–Crippen LogP) is 1.88. The van der Waals surface area contributed by atoms with Gasteiger partial charge in [0, 0.05) is 18.2 Å². The minimum absolute atomic E-state index is 0.133. The molecule has 0 bridgehead atoms. The van der Waals surface area contributed by atoms with E-state index < -0.39 is 0 Å². The van der Waals surface area contributed by atoms with Crippen molar-refractivity contribution in [3.8, 4) is 5.75 Å². The van der Waals surface area contributed by atoms with Gasteiger partial charge in [-0.2, -0.15) is 0 Å². The van der Waals surface area contributed by atoms with E-state index in [1.54, 1.807) is 12.1 Å². The Hall–Kier alpha value is -1.36. The molecule has 2 aliphatic rings.